The number of rotatable bonds is 5. The lowest BCUT2D eigenvalue weighted by Crippen LogP contribution is -2.50. The van der Waals surface area contributed by atoms with Crippen molar-refractivity contribution in [3.63, 3.8) is 0 Å². The number of piperazine rings is 1. The molecule has 7 heteroatoms. The van der Waals surface area contributed by atoms with E-state index in [9.17, 15) is 13.2 Å². The van der Waals surface area contributed by atoms with Crippen LogP contribution in [0.5, 0.6) is 0 Å². The highest BCUT2D eigenvalue weighted by Gasteiger charge is 2.30. The molecule has 5 nitrogen and oxygen atoms in total. The number of hydrogen-bond acceptors (Lipinski definition) is 4. The summed E-state index contributed by atoms with van der Waals surface area (Å²) in [6, 6.07) is 7.16. The zero-order valence-corrected chi connectivity index (χ0v) is 14.2. The van der Waals surface area contributed by atoms with Gasteiger partial charge in [0, 0.05) is 24.7 Å². The van der Waals surface area contributed by atoms with Crippen LogP contribution in [0.1, 0.15) is 24.9 Å². The predicted molar refractivity (Wildman–Crippen MR) is 87.7 cm³/mol. The van der Waals surface area contributed by atoms with Crippen LogP contribution in [-0.2, 0) is 14.6 Å². The second-order valence-electron chi connectivity index (χ2n) is 5.45. The molecule has 122 valence electrons. The van der Waals surface area contributed by atoms with Crippen molar-refractivity contribution in [2.75, 3.05) is 31.1 Å². The van der Waals surface area contributed by atoms with E-state index in [0.29, 0.717) is 31.1 Å². The van der Waals surface area contributed by atoms with Gasteiger partial charge in [-0.2, -0.15) is 0 Å². The Labute approximate surface area is 136 Å². The lowest BCUT2D eigenvalue weighted by Gasteiger charge is -2.36. The van der Waals surface area contributed by atoms with E-state index in [1.807, 2.05) is 18.2 Å². The molecule has 2 rings (SSSR count). The molecule has 0 spiro atoms. The van der Waals surface area contributed by atoms with E-state index in [1.165, 1.54) is 0 Å². The zero-order valence-electron chi connectivity index (χ0n) is 12.6. The molecule has 0 bridgehead atoms. The third-order valence-corrected chi connectivity index (χ3v) is 5.61. The number of nitrogens with zero attached hydrogens (tertiary/aromatic N) is 1. The number of carbonyl (C=O) groups is 1. The fourth-order valence-electron chi connectivity index (χ4n) is 2.67. The average molecular weight is 345 g/mol. The first kappa shape index (κ1) is 17.2. The Bertz CT molecular complexity index is 633. The van der Waals surface area contributed by atoms with Crippen LogP contribution in [0.25, 0.3) is 0 Å². The number of hydrogen-bond donors (Lipinski definition) is 1. The number of halogens is 1. The molecule has 1 unspecified atom stereocenters. The summed E-state index contributed by atoms with van der Waals surface area (Å²) in [6.45, 7) is 3.55. The smallest absolute Gasteiger partial charge is 0.238 e. The summed E-state index contributed by atoms with van der Waals surface area (Å²) >= 11 is 6.02. The highest BCUT2D eigenvalue weighted by Crippen LogP contribution is 2.25. The minimum Gasteiger partial charge on any atom is -0.332 e. The van der Waals surface area contributed by atoms with Crippen molar-refractivity contribution < 1.29 is 13.2 Å². The summed E-state index contributed by atoms with van der Waals surface area (Å²) in [5.74, 6) is -0.704. The molecule has 1 aliphatic heterocycles. The van der Waals surface area contributed by atoms with E-state index < -0.39 is 15.6 Å². The molecule has 1 aromatic carbocycles. The maximum atomic E-state index is 12.4. The van der Waals surface area contributed by atoms with Gasteiger partial charge in [0.05, 0.1) is 11.8 Å². The Balaban J connectivity index is 2.18. The summed E-state index contributed by atoms with van der Waals surface area (Å²) in [4.78, 5) is 14.1. The largest absolute Gasteiger partial charge is 0.332 e. The zero-order chi connectivity index (χ0) is 16.2. The Kier molecular flexibility index (Phi) is 5.83. The Morgan fingerprint density at radius 3 is 2.91 bits per heavy atom. The molecular weight excluding hydrogens is 324 g/mol. The van der Waals surface area contributed by atoms with Crippen LogP contribution in [0.2, 0.25) is 5.02 Å². The second-order valence-corrected chi connectivity index (χ2v) is 8.07. The molecule has 0 aromatic heterocycles. The second kappa shape index (κ2) is 7.44. The Morgan fingerprint density at radius 1 is 1.45 bits per heavy atom. The molecule has 1 amide bonds. The summed E-state index contributed by atoms with van der Waals surface area (Å²) in [7, 11) is -3.33. The molecular formula is C15H21ClN2O3S. The van der Waals surface area contributed by atoms with Crippen LogP contribution in [0.4, 0.5) is 0 Å². The van der Waals surface area contributed by atoms with E-state index in [2.05, 4.69) is 5.32 Å². The summed E-state index contributed by atoms with van der Waals surface area (Å²) in [6.07, 6.45) is 0.523. The lowest BCUT2D eigenvalue weighted by atomic mass is 10.0. The molecule has 1 N–H and O–H groups in total. The topological polar surface area (TPSA) is 66.5 Å². The van der Waals surface area contributed by atoms with Gasteiger partial charge < -0.3 is 10.2 Å². The fraction of sp³-hybridized carbons (Fsp3) is 0.533. The van der Waals surface area contributed by atoms with Gasteiger partial charge in [-0.15, -0.1) is 0 Å². The molecule has 0 radical (unpaired) electrons. The number of benzene rings is 1. The first-order valence-corrected chi connectivity index (χ1v) is 9.59. The monoisotopic (exact) mass is 344 g/mol. The van der Waals surface area contributed by atoms with Gasteiger partial charge in [-0.1, -0.05) is 30.7 Å². The minimum absolute atomic E-state index is 0.0483. The molecule has 1 aromatic rings. The maximum Gasteiger partial charge on any atom is 0.238 e. The SMILES string of the molecule is CCCS(=O)(=O)CC(=O)N1CCNCC1c1cccc(Cl)c1. The van der Waals surface area contributed by atoms with Gasteiger partial charge in [-0.25, -0.2) is 8.42 Å². The van der Waals surface area contributed by atoms with Crippen molar-refractivity contribution in [1.29, 1.82) is 0 Å². The van der Waals surface area contributed by atoms with E-state index in [1.54, 1.807) is 17.9 Å². The highest BCUT2D eigenvalue weighted by atomic mass is 35.5. The first-order chi connectivity index (χ1) is 10.4. The Morgan fingerprint density at radius 2 is 2.23 bits per heavy atom. The van der Waals surface area contributed by atoms with Gasteiger partial charge in [0.1, 0.15) is 5.75 Å². The standard InChI is InChI=1S/C15H21ClN2O3S/c1-2-8-22(20,21)11-15(19)18-7-6-17-10-14(18)12-4-3-5-13(16)9-12/h3-5,9,14,17H,2,6-8,10-11H2,1H3. The van der Waals surface area contributed by atoms with Crippen LogP contribution in [-0.4, -0.2) is 50.4 Å². The van der Waals surface area contributed by atoms with Crippen LogP contribution >= 0.6 is 11.6 Å². The first-order valence-electron chi connectivity index (χ1n) is 7.39. The molecule has 1 saturated heterocycles. The van der Waals surface area contributed by atoms with Crippen molar-refractivity contribution in [3.8, 4) is 0 Å². The van der Waals surface area contributed by atoms with E-state index in [4.69, 9.17) is 11.6 Å². The summed E-state index contributed by atoms with van der Waals surface area (Å²) in [5, 5.41) is 3.84. The number of carbonyl (C=O) groups excluding carboxylic acids is 1. The molecule has 0 saturated carbocycles. The summed E-state index contributed by atoms with van der Waals surface area (Å²) in [5.41, 5.74) is 0.918. The third-order valence-electron chi connectivity index (χ3n) is 3.66. The van der Waals surface area contributed by atoms with E-state index in [0.717, 1.165) is 5.56 Å². The summed E-state index contributed by atoms with van der Waals surface area (Å²) < 4.78 is 23.8. The van der Waals surface area contributed by atoms with E-state index >= 15 is 0 Å². The van der Waals surface area contributed by atoms with Crippen LogP contribution in [0, 0.1) is 0 Å². The average Bonchev–Trinajstić information content (AvgIpc) is 2.46. The van der Waals surface area contributed by atoms with E-state index in [-0.39, 0.29) is 17.7 Å². The molecule has 22 heavy (non-hydrogen) atoms. The van der Waals surface area contributed by atoms with Crippen LogP contribution in [0.3, 0.4) is 0 Å². The molecule has 0 aliphatic carbocycles. The molecule has 1 aliphatic rings. The van der Waals surface area contributed by atoms with Gasteiger partial charge >= 0.3 is 0 Å². The van der Waals surface area contributed by atoms with Crippen molar-refractivity contribution >= 4 is 27.3 Å². The van der Waals surface area contributed by atoms with Crippen LogP contribution < -0.4 is 5.32 Å². The van der Waals surface area contributed by atoms with Gasteiger partial charge in [0.15, 0.2) is 9.84 Å². The number of amides is 1. The van der Waals surface area contributed by atoms with Crippen molar-refractivity contribution in [2.24, 2.45) is 0 Å². The van der Waals surface area contributed by atoms with Crippen LogP contribution in [0.15, 0.2) is 24.3 Å². The molecule has 1 heterocycles. The van der Waals surface area contributed by atoms with Gasteiger partial charge in [0.25, 0.3) is 0 Å². The lowest BCUT2D eigenvalue weighted by molar-refractivity contribution is -0.131. The third kappa shape index (κ3) is 4.44. The van der Waals surface area contributed by atoms with Crippen molar-refractivity contribution in [1.82, 2.24) is 10.2 Å². The number of nitrogens with one attached hydrogen (secondary N) is 1. The minimum atomic E-state index is -3.33. The van der Waals surface area contributed by atoms with Crippen molar-refractivity contribution in [3.05, 3.63) is 34.9 Å². The quantitative estimate of drug-likeness (QED) is 0.881. The normalized spacial score (nSPS) is 19.2. The number of sulfone groups is 1. The maximum absolute atomic E-state index is 12.4. The Hall–Kier alpha value is -1.11. The van der Waals surface area contributed by atoms with Gasteiger partial charge in [-0.3, -0.25) is 4.79 Å². The predicted octanol–water partition coefficient (Wildman–Crippen LogP) is 1.64. The molecule has 1 fully saturated rings. The highest BCUT2D eigenvalue weighted by molar-refractivity contribution is 7.92. The fourth-order valence-corrected chi connectivity index (χ4v) is 4.18. The van der Waals surface area contributed by atoms with Crippen molar-refractivity contribution in [2.45, 2.75) is 19.4 Å². The van der Waals surface area contributed by atoms with Gasteiger partial charge in [-0.05, 0) is 24.1 Å². The molecule has 1 atom stereocenters. The van der Waals surface area contributed by atoms with Gasteiger partial charge in [0.2, 0.25) is 5.91 Å².